The van der Waals surface area contributed by atoms with Gasteiger partial charge in [-0.3, -0.25) is 19.8 Å². The highest BCUT2D eigenvalue weighted by molar-refractivity contribution is 7.80. The highest BCUT2D eigenvalue weighted by Gasteiger charge is 2.35. The Morgan fingerprint density at radius 1 is 0.972 bits per heavy atom. The van der Waals surface area contributed by atoms with Crippen LogP contribution in [-0.2, 0) is 15.8 Å². The van der Waals surface area contributed by atoms with Gasteiger partial charge in [0.1, 0.15) is 5.57 Å². The average molecular weight is 573 g/mol. The molecule has 2 heterocycles. The molecule has 5 nitrogen and oxygen atoms in total. The van der Waals surface area contributed by atoms with Gasteiger partial charge in [-0.25, -0.2) is 0 Å². The third-order valence-corrected chi connectivity index (χ3v) is 6.64. The number of carbonyl (C=O) groups is 2. The van der Waals surface area contributed by atoms with Gasteiger partial charge < -0.3 is 4.57 Å². The molecule has 0 unspecified atom stereocenters. The van der Waals surface area contributed by atoms with E-state index >= 15 is 0 Å². The minimum atomic E-state index is -4.62. The molecule has 0 atom stereocenters. The van der Waals surface area contributed by atoms with Crippen molar-refractivity contribution >= 4 is 75.7 Å². The van der Waals surface area contributed by atoms with E-state index in [2.05, 4.69) is 5.32 Å². The molecule has 0 spiro atoms. The largest absolute Gasteiger partial charge is 0.416 e. The van der Waals surface area contributed by atoms with Crippen LogP contribution in [-0.4, -0.2) is 21.5 Å². The second kappa shape index (κ2) is 9.55. The zero-order valence-corrected chi connectivity index (χ0v) is 21.6. The number of rotatable bonds is 3. The summed E-state index contributed by atoms with van der Waals surface area (Å²) in [5.74, 6) is -1.34. The molecule has 0 bridgehead atoms. The molecule has 36 heavy (non-hydrogen) atoms. The summed E-state index contributed by atoms with van der Waals surface area (Å²) in [6, 6.07) is 9.58. The number of halogens is 6. The van der Waals surface area contributed by atoms with Crippen molar-refractivity contribution in [1.82, 2.24) is 9.88 Å². The van der Waals surface area contributed by atoms with Crippen LogP contribution < -0.4 is 10.2 Å². The molecule has 2 aromatic carbocycles. The summed E-state index contributed by atoms with van der Waals surface area (Å²) in [6.07, 6.45) is -3.24. The van der Waals surface area contributed by atoms with Crippen molar-refractivity contribution in [2.24, 2.45) is 0 Å². The van der Waals surface area contributed by atoms with E-state index in [-0.39, 0.29) is 26.4 Å². The molecule has 0 saturated carbocycles. The summed E-state index contributed by atoms with van der Waals surface area (Å²) in [5, 5.41) is 2.46. The first-order chi connectivity index (χ1) is 16.8. The first kappa shape index (κ1) is 26.2. The fraction of sp³-hybridized carbons (Fsp3) is 0.125. The van der Waals surface area contributed by atoms with E-state index in [1.807, 2.05) is 0 Å². The smallest absolute Gasteiger partial charge is 0.315 e. The number of carbonyl (C=O) groups excluding carboxylic acids is 2. The number of alkyl halides is 3. The van der Waals surface area contributed by atoms with Gasteiger partial charge in [-0.2, -0.15) is 13.2 Å². The number of hydrogen-bond acceptors (Lipinski definition) is 3. The molecule has 3 aromatic rings. The summed E-state index contributed by atoms with van der Waals surface area (Å²) in [5.41, 5.74) is 0.912. The maximum atomic E-state index is 13.3. The first-order valence-electron chi connectivity index (χ1n) is 10.2. The van der Waals surface area contributed by atoms with Crippen LogP contribution >= 0.6 is 47.0 Å². The molecule has 1 N–H and O–H groups in total. The molecule has 1 aliphatic heterocycles. The van der Waals surface area contributed by atoms with Crippen molar-refractivity contribution in [3.63, 3.8) is 0 Å². The molecule has 0 radical (unpaired) electrons. The van der Waals surface area contributed by atoms with E-state index in [1.54, 1.807) is 48.7 Å². The highest BCUT2D eigenvalue weighted by atomic mass is 35.5. The highest BCUT2D eigenvalue weighted by Crippen LogP contribution is 2.39. The van der Waals surface area contributed by atoms with E-state index < -0.39 is 23.6 Å². The Morgan fingerprint density at radius 2 is 1.56 bits per heavy atom. The van der Waals surface area contributed by atoms with Gasteiger partial charge in [0.05, 0.1) is 27.0 Å². The van der Waals surface area contributed by atoms with Crippen molar-refractivity contribution in [1.29, 1.82) is 0 Å². The van der Waals surface area contributed by atoms with Gasteiger partial charge in [0.2, 0.25) is 0 Å². The van der Waals surface area contributed by atoms with Crippen molar-refractivity contribution in [2.45, 2.75) is 20.0 Å². The fourth-order valence-electron chi connectivity index (χ4n) is 3.86. The predicted octanol–water partition coefficient (Wildman–Crippen LogP) is 6.90. The van der Waals surface area contributed by atoms with E-state index in [9.17, 15) is 22.8 Å². The Morgan fingerprint density at radius 3 is 2.11 bits per heavy atom. The number of aromatic nitrogens is 1. The standard InChI is InChI=1S/C24H15Cl3F3N3O2S/c1-11-7-13(12(2)32(11)20-18(26)9-14(10-19(20)27)24(28,29)30)8-17-21(34)31-23(36)33(22(17)35)16-5-3-15(25)4-6-16/h3-10H,1-2H3,(H,31,34,36). The van der Waals surface area contributed by atoms with Crippen LogP contribution in [0.15, 0.2) is 48.0 Å². The zero-order chi connectivity index (χ0) is 26.5. The van der Waals surface area contributed by atoms with E-state index in [4.69, 9.17) is 47.0 Å². The minimum Gasteiger partial charge on any atom is -0.315 e. The number of amides is 2. The van der Waals surface area contributed by atoms with Crippen LogP contribution in [0.25, 0.3) is 11.8 Å². The number of anilines is 1. The first-order valence-corrected chi connectivity index (χ1v) is 11.8. The third-order valence-electron chi connectivity index (χ3n) is 5.52. The third kappa shape index (κ3) is 4.76. The molecule has 0 aliphatic carbocycles. The Hall–Kier alpha value is -2.85. The molecular weight excluding hydrogens is 558 g/mol. The number of nitrogens with zero attached hydrogens (tertiary/aromatic N) is 2. The van der Waals surface area contributed by atoms with Crippen molar-refractivity contribution in [3.05, 3.63) is 85.6 Å². The second-order valence-electron chi connectivity index (χ2n) is 7.88. The van der Waals surface area contributed by atoms with E-state index in [0.29, 0.717) is 27.7 Å². The van der Waals surface area contributed by atoms with Gasteiger partial charge in [-0.15, -0.1) is 0 Å². The van der Waals surface area contributed by atoms with Crippen LogP contribution in [0.5, 0.6) is 0 Å². The number of benzene rings is 2. The van der Waals surface area contributed by atoms with Crippen LogP contribution in [0.3, 0.4) is 0 Å². The molecule has 1 aromatic heterocycles. The van der Waals surface area contributed by atoms with Gasteiger partial charge >= 0.3 is 6.18 Å². The van der Waals surface area contributed by atoms with E-state index in [1.165, 1.54) is 11.0 Å². The summed E-state index contributed by atoms with van der Waals surface area (Å²) in [6.45, 7) is 3.35. The maximum Gasteiger partial charge on any atom is 0.416 e. The lowest BCUT2D eigenvalue weighted by atomic mass is 10.1. The topological polar surface area (TPSA) is 54.3 Å². The van der Waals surface area contributed by atoms with Crippen molar-refractivity contribution in [2.75, 3.05) is 4.90 Å². The molecular formula is C24H15Cl3F3N3O2S. The van der Waals surface area contributed by atoms with Crippen LogP contribution in [0, 0.1) is 13.8 Å². The van der Waals surface area contributed by atoms with Crippen molar-refractivity contribution in [3.8, 4) is 5.69 Å². The maximum absolute atomic E-state index is 13.3. The minimum absolute atomic E-state index is 0.0849. The molecule has 1 aliphatic rings. The summed E-state index contributed by atoms with van der Waals surface area (Å²) in [4.78, 5) is 27.1. The lowest BCUT2D eigenvalue weighted by Crippen LogP contribution is -2.54. The Bertz CT molecular complexity index is 1440. The lowest BCUT2D eigenvalue weighted by molar-refractivity contribution is -0.137. The Balaban J connectivity index is 1.79. The molecule has 186 valence electrons. The number of aryl methyl sites for hydroxylation is 1. The van der Waals surface area contributed by atoms with Gasteiger partial charge in [0.25, 0.3) is 11.8 Å². The monoisotopic (exact) mass is 571 g/mol. The van der Waals surface area contributed by atoms with Gasteiger partial charge in [0, 0.05) is 16.4 Å². The van der Waals surface area contributed by atoms with Crippen LogP contribution in [0.1, 0.15) is 22.5 Å². The molecule has 2 amide bonds. The fourth-order valence-corrected chi connectivity index (χ4v) is 4.92. The average Bonchev–Trinajstić information content (AvgIpc) is 3.04. The van der Waals surface area contributed by atoms with Crippen LogP contribution in [0.2, 0.25) is 15.1 Å². The molecule has 1 saturated heterocycles. The second-order valence-corrected chi connectivity index (χ2v) is 9.52. The normalized spacial score (nSPS) is 15.6. The number of hydrogen-bond donors (Lipinski definition) is 1. The number of nitrogens with one attached hydrogen (secondary N) is 1. The van der Waals surface area contributed by atoms with Gasteiger partial charge in [-0.05, 0) is 80.2 Å². The quantitative estimate of drug-likeness (QED) is 0.211. The molecule has 1 fully saturated rings. The summed E-state index contributed by atoms with van der Waals surface area (Å²) >= 11 is 23.5. The Labute approximate surface area is 224 Å². The SMILES string of the molecule is Cc1cc(C=C2C(=O)NC(=S)N(c3ccc(Cl)cc3)C2=O)c(C)n1-c1c(Cl)cc(C(F)(F)F)cc1Cl. The summed E-state index contributed by atoms with van der Waals surface area (Å²) in [7, 11) is 0. The van der Waals surface area contributed by atoms with E-state index in [0.717, 1.165) is 12.1 Å². The predicted molar refractivity (Wildman–Crippen MR) is 138 cm³/mol. The lowest BCUT2D eigenvalue weighted by Gasteiger charge is -2.28. The van der Waals surface area contributed by atoms with Gasteiger partial charge in [-0.1, -0.05) is 34.8 Å². The zero-order valence-electron chi connectivity index (χ0n) is 18.5. The summed E-state index contributed by atoms with van der Waals surface area (Å²) < 4.78 is 41.0. The molecule has 4 rings (SSSR count). The van der Waals surface area contributed by atoms with Gasteiger partial charge in [0.15, 0.2) is 5.11 Å². The molecule has 12 heteroatoms. The number of thiocarbonyl (C=S) groups is 1. The van der Waals surface area contributed by atoms with Crippen LogP contribution in [0.4, 0.5) is 18.9 Å². The van der Waals surface area contributed by atoms with Crippen molar-refractivity contribution < 1.29 is 22.8 Å². The Kier molecular flexibility index (Phi) is 6.96.